The molecule has 0 aliphatic rings. The molecular formula is C11H19O3PSi. The molecule has 0 atom stereocenters. The van der Waals surface area contributed by atoms with Crippen molar-refractivity contribution < 1.29 is 14.4 Å². The highest BCUT2D eigenvalue weighted by molar-refractivity contribution is 7.51. The zero-order valence-corrected chi connectivity index (χ0v) is 11.9. The fourth-order valence-corrected chi connectivity index (χ4v) is 3.23. The fourth-order valence-electron chi connectivity index (χ4n) is 1.47. The van der Waals surface area contributed by atoms with Gasteiger partial charge in [0.05, 0.1) is 14.2 Å². The SMILES string of the molecule is C[Si](C)(C)c1cccc(CCP(=O)(O)O)c1. The molecule has 0 amide bonds. The molecule has 1 aromatic carbocycles. The van der Waals surface area contributed by atoms with Crippen LogP contribution in [-0.2, 0) is 11.0 Å². The first kappa shape index (κ1) is 13.7. The standard InChI is InChI=1S/C11H19O3PSi/c1-16(2,3)11-6-4-5-10(9-11)7-8-15(12,13)14/h4-6,9H,7-8H2,1-3H3,(H2,12,13,14). The lowest BCUT2D eigenvalue weighted by Crippen LogP contribution is -2.37. The van der Waals surface area contributed by atoms with E-state index in [0.717, 1.165) is 5.56 Å². The van der Waals surface area contributed by atoms with Crippen LogP contribution in [0.1, 0.15) is 5.56 Å². The average molecular weight is 258 g/mol. The van der Waals surface area contributed by atoms with Gasteiger partial charge in [0.15, 0.2) is 0 Å². The van der Waals surface area contributed by atoms with Crippen LogP contribution >= 0.6 is 7.60 Å². The van der Waals surface area contributed by atoms with Gasteiger partial charge >= 0.3 is 7.60 Å². The molecule has 2 N–H and O–H groups in total. The predicted molar refractivity (Wildman–Crippen MR) is 70.0 cm³/mol. The second-order valence-corrected chi connectivity index (χ2v) is 11.9. The minimum atomic E-state index is -3.88. The van der Waals surface area contributed by atoms with Crippen molar-refractivity contribution in [1.29, 1.82) is 0 Å². The summed E-state index contributed by atoms with van der Waals surface area (Å²) in [5.74, 6) is 0. The van der Waals surface area contributed by atoms with Crippen LogP contribution in [0.4, 0.5) is 0 Å². The number of hydrogen-bond acceptors (Lipinski definition) is 1. The molecule has 3 nitrogen and oxygen atoms in total. The third-order valence-corrected chi connectivity index (χ3v) is 5.33. The molecule has 5 heteroatoms. The van der Waals surface area contributed by atoms with Gasteiger partial charge in [-0.2, -0.15) is 0 Å². The van der Waals surface area contributed by atoms with Crippen LogP contribution in [0.15, 0.2) is 24.3 Å². The Labute approximate surface area is 97.7 Å². The highest BCUT2D eigenvalue weighted by Crippen LogP contribution is 2.34. The van der Waals surface area contributed by atoms with E-state index in [4.69, 9.17) is 9.79 Å². The first-order valence-electron chi connectivity index (χ1n) is 5.32. The van der Waals surface area contributed by atoms with E-state index in [9.17, 15) is 4.57 Å². The lowest BCUT2D eigenvalue weighted by molar-refractivity contribution is 0.373. The Balaban J connectivity index is 2.80. The van der Waals surface area contributed by atoms with Crippen molar-refractivity contribution in [3.05, 3.63) is 29.8 Å². The number of benzene rings is 1. The fraction of sp³-hybridized carbons (Fsp3) is 0.455. The Bertz CT molecular complexity index is 406. The zero-order chi connectivity index (χ0) is 12.4. The van der Waals surface area contributed by atoms with Crippen LogP contribution in [0.3, 0.4) is 0 Å². The van der Waals surface area contributed by atoms with E-state index < -0.39 is 15.7 Å². The van der Waals surface area contributed by atoms with Crippen molar-refractivity contribution in [2.45, 2.75) is 26.1 Å². The molecule has 0 aliphatic carbocycles. The van der Waals surface area contributed by atoms with E-state index >= 15 is 0 Å². The van der Waals surface area contributed by atoms with Gasteiger partial charge in [-0.3, -0.25) is 4.57 Å². The van der Waals surface area contributed by atoms with E-state index in [1.165, 1.54) is 5.19 Å². The summed E-state index contributed by atoms with van der Waals surface area (Å²) < 4.78 is 10.8. The summed E-state index contributed by atoms with van der Waals surface area (Å²) in [6, 6.07) is 8.09. The van der Waals surface area contributed by atoms with Crippen LogP contribution < -0.4 is 5.19 Å². The maximum absolute atomic E-state index is 10.8. The summed E-state index contributed by atoms with van der Waals surface area (Å²) in [6.07, 6.45) is 0.380. The summed E-state index contributed by atoms with van der Waals surface area (Å²) in [5, 5.41) is 1.33. The van der Waals surface area contributed by atoms with Gasteiger partial charge in [0, 0.05) is 0 Å². The number of rotatable bonds is 4. The molecule has 1 rings (SSSR count). The molecule has 0 saturated carbocycles. The van der Waals surface area contributed by atoms with Gasteiger partial charge in [-0.05, 0) is 12.0 Å². The van der Waals surface area contributed by atoms with Gasteiger partial charge in [0.2, 0.25) is 0 Å². The molecule has 0 aliphatic heterocycles. The monoisotopic (exact) mass is 258 g/mol. The Morgan fingerprint density at radius 1 is 1.25 bits per heavy atom. The van der Waals surface area contributed by atoms with Crippen molar-refractivity contribution in [3.8, 4) is 0 Å². The molecule has 0 saturated heterocycles. The lowest BCUT2D eigenvalue weighted by atomic mass is 10.2. The maximum Gasteiger partial charge on any atom is 0.325 e. The Hall–Kier alpha value is -0.413. The summed E-state index contributed by atoms with van der Waals surface area (Å²) in [6.45, 7) is 6.78. The first-order chi connectivity index (χ1) is 7.18. The van der Waals surface area contributed by atoms with Crippen LogP contribution in [0.5, 0.6) is 0 Å². The third-order valence-electron chi connectivity index (χ3n) is 2.48. The minimum Gasteiger partial charge on any atom is -0.324 e. The van der Waals surface area contributed by atoms with E-state index in [0.29, 0.717) is 6.42 Å². The van der Waals surface area contributed by atoms with Crippen molar-refractivity contribution in [2.24, 2.45) is 0 Å². The second kappa shape index (κ2) is 4.84. The van der Waals surface area contributed by atoms with Gasteiger partial charge in [-0.25, -0.2) is 0 Å². The van der Waals surface area contributed by atoms with Crippen molar-refractivity contribution in [3.63, 3.8) is 0 Å². The molecule has 0 unspecified atom stereocenters. The number of hydrogen-bond donors (Lipinski definition) is 2. The van der Waals surface area contributed by atoms with Crippen LogP contribution in [-0.4, -0.2) is 24.0 Å². The predicted octanol–water partition coefficient (Wildman–Crippen LogP) is 1.95. The molecule has 0 heterocycles. The zero-order valence-electron chi connectivity index (χ0n) is 9.97. The molecule has 0 aromatic heterocycles. The van der Waals surface area contributed by atoms with Crippen LogP contribution in [0.2, 0.25) is 19.6 Å². The summed E-state index contributed by atoms with van der Waals surface area (Å²) in [7, 11) is -5.21. The van der Waals surface area contributed by atoms with E-state index in [1.54, 1.807) is 0 Å². The molecule has 0 fully saturated rings. The van der Waals surface area contributed by atoms with E-state index in [-0.39, 0.29) is 6.16 Å². The molecule has 16 heavy (non-hydrogen) atoms. The summed E-state index contributed by atoms with van der Waals surface area (Å²) in [4.78, 5) is 17.7. The maximum atomic E-state index is 10.8. The van der Waals surface area contributed by atoms with Gasteiger partial charge in [-0.15, -0.1) is 0 Å². The highest BCUT2D eigenvalue weighted by atomic mass is 31.2. The van der Waals surface area contributed by atoms with E-state index in [1.807, 2.05) is 12.1 Å². The van der Waals surface area contributed by atoms with Gasteiger partial charge in [0.25, 0.3) is 0 Å². The molecule has 0 spiro atoms. The smallest absolute Gasteiger partial charge is 0.324 e. The normalized spacial score (nSPS) is 12.8. The topological polar surface area (TPSA) is 57.5 Å². The second-order valence-electron chi connectivity index (χ2n) is 5.09. The quantitative estimate of drug-likeness (QED) is 0.641. The first-order valence-corrected chi connectivity index (χ1v) is 10.6. The van der Waals surface area contributed by atoms with Crippen LogP contribution in [0, 0.1) is 0 Å². The Morgan fingerprint density at radius 3 is 2.38 bits per heavy atom. The summed E-state index contributed by atoms with van der Waals surface area (Å²) >= 11 is 0. The van der Waals surface area contributed by atoms with Crippen LogP contribution in [0.25, 0.3) is 0 Å². The Morgan fingerprint density at radius 2 is 1.88 bits per heavy atom. The third kappa shape index (κ3) is 4.62. The van der Waals surface area contributed by atoms with Crippen molar-refractivity contribution in [1.82, 2.24) is 0 Å². The van der Waals surface area contributed by atoms with E-state index in [2.05, 4.69) is 31.8 Å². The van der Waals surface area contributed by atoms with Crippen molar-refractivity contribution >= 4 is 20.9 Å². The molecule has 0 bridgehead atoms. The van der Waals surface area contributed by atoms with Gasteiger partial charge in [0.1, 0.15) is 0 Å². The van der Waals surface area contributed by atoms with Crippen molar-refractivity contribution in [2.75, 3.05) is 6.16 Å². The molecular weight excluding hydrogens is 239 g/mol. The minimum absolute atomic E-state index is 0.0673. The summed E-state index contributed by atoms with van der Waals surface area (Å²) in [5.41, 5.74) is 1.02. The van der Waals surface area contributed by atoms with Gasteiger partial charge in [-0.1, -0.05) is 49.1 Å². The molecule has 90 valence electrons. The number of aryl methyl sites for hydroxylation is 1. The molecule has 0 radical (unpaired) electrons. The largest absolute Gasteiger partial charge is 0.325 e. The average Bonchev–Trinajstić information content (AvgIpc) is 2.13. The highest BCUT2D eigenvalue weighted by Gasteiger charge is 2.17. The van der Waals surface area contributed by atoms with Gasteiger partial charge < -0.3 is 9.79 Å². The molecule has 1 aromatic rings. The Kier molecular flexibility index (Phi) is 4.13. The lowest BCUT2D eigenvalue weighted by Gasteiger charge is -2.17.